The summed E-state index contributed by atoms with van der Waals surface area (Å²) in [5.74, 6) is -0.395. The number of amides is 1. The van der Waals surface area contributed by atoms with E-state index < -0.39 is 11.5 Å². The van der Waals surface area contributed by atoms with Crippen LogP contribution in [0.1, 0.15) is 21.5 Å². The standard InChI is InChI=1S/C25H26N4O3S.ClH/c1-16-7-8-17(2)22-21(16)27-25(33-22)29-13-11-28(12-14-29)10-9-26-23(30)19-15-18-5-3-4-6-20(18)32-24(19)31;/h3-8,15H,9-14H2,1-2H3,(H,26,30);1H. The van der Waals surface area contributed by atoms with Crippen molar-refractivity contribution in [3.05, 3.63) is 69.6 Å². The van der Waals surface area contributed by atoms with Crippen molar-refractivity contribution < 1.29 is 9.21 Å². The minimum atomic E-state index is -0.610. The van der Waals surface area contributed by atoms with Crippen molar-refractivity contribution in [2.75, 3.05) is 44.2 Å². The molecule has 4 aromatic rings. The molecular formula is C25H27ClN4O3S. The maximum atomic E-state index is 12.5. The zero-order valence-electron chi connectivity index (χ0n) is 19.2. The van der Waals surface area contributed by atoms with Crippen molar-refractivity contribution in [1.29, 1.82) is 0 Å². The molecule has 1 saturated heterocycles. The quantitative estimate of drug-likeness (QED) is 0.419. The summed E-state index contributed by atoms with van der Waals surface area (Å²) in [4.78, 5) is 34.3. The molecular weight excluding hydrogens is 472 g/mol. The number of para-hydroxylation sites is 1. The number of nitrogens with one attached hydrogen (secondary N) is 1. The van der Waals surface area contributed by atoms with Crippen LogP contribution in [0.5, 0.6) is 0 Å². The van der Waals surface area contributed by atoms with E-state index in [9.17, 15) is 9.59 Å². The first-order valence-electron chi connectivity index (χ1n) is 11.1. The Bertz CT molecular complexity index is 1350. The molecule has 9 heteroatoms. The molecule has 0 atom stereocenters. The smallest absolute Gasteiger partial charge is 0.349 e. The number of aryl methyl sites for hydroxylation is 2. The average Bonchev–Trinajstić information content (AvgIpc) is 3.28. The molecule has 1 aliphatic rings. The van der Waals surface area contributed by atoms with Gasteiger partial charge < -0.3 is 14.6 Å². The van der Waals surface area contributed by atoms with E-state index in [4.69, 9.17) is 9.40 Å². The Balaban J connectivity index is 0.00000274. The molecule has 0 spiro atoms. The van der Waals surface area contributed by atoms with E-state index in [1.165, 1.54) is 15.8 Å². The molecule has 0 unspecified atom stereocenters. The summed E-state index contributed by atoms with van der Waals surface area (Å²) in [7, 11) is 0. The largest absolute Gasteiger partial charge is 0.422 e. The lowest BCUT2D eigenvalue weighted by molar-refractivity contribution is 0.0944. The van der Waals surface area contributed by atoms with Gasteiger partial charge in [0.1, 0.15) is 11.1 Å². The summed E-state index contributed by atoms with van der Waals surface area (Å²) >= 11 is 1.77. The number of carbonyl (C=O) groups excluding carboxylic acids is 1. The Hall–Kier alpha value is -2.94. The molecule has 3 heterocycles. The van der Waals surface area contributed by atoms with Gasteiger partial charge >= 0.3 is 5.63 Å². The number of halogens is 1. The number of hydrogen-bond donors (Lipinski definition) is 1. The van der Waals surface area contributed by atoms with Gasteiger partial charge in [0.2, 0.25) is 0 Å². The fourth-order valence-corrected chi connectivity index (χ4v) is 5.35. The van der Waals surface area contributed by atoms with Gasteiger partial charge in [-0.2, -0.15) is 0 Å². The first-order valence-corrected chi connectivity index (χ1v) is 12.0. The summed E-state index contributed by atoms with van der Waals surface area (Å²) in [6, 6.07) is 13.1. The first kappa shape index (κ1) is 24.2. The number of piperazine rings is 1. The molecule has 5 rings (SSSR count). The summed E-state index contributed by atoms with van der Waals surface area (Å²) in [5, 5.41) is 4.68. The van der Waals surface area contributed by atoms with Crippen LogP contribution >= 0.6 is 23.7 Å². The summed E-state index contributed by atoms with van der Waals surface area (Å²) < 4.78 is 6.53. The predicted octanol–water partition coefficient (Wildman–Crippen LogP) is 3.99. The molecule has 178 valence electrons. The van der Waals surface area contributed by atoms with Crippen LogP contribution in [-0.4, -0.2) is 55.1 Å². The molecule has 2 aromatic carbocycles. The van der Waals surface area contributed by atoms with Crippen LogP contribution in [0.25, 0.3) is 21.2 Å². The highest BCUT2D eigenvalue weighted by atomic mass is 35.5. The van der Waals surface area contributed by atoms with E-state index in [2.05, 4.69) is 41.1 Å². The van der Waals surface area contributed by atoms with E-state index in [-0.39, 0.29) is 18.0 Å². The fourth-order valence-electron chi connectivity index (χ4n) is 4.19. The van der Waals surface area contributed by atoms with Gasteiger partial charge in [0.25, 0.3) is 5.91 Å². The van der Waals surface area contributed by atoms with E-state index in [1.807, 2.05) is 12.1 Å². The van der Waals surface area contributed by atoms with Crippen LogP contribution in [0.15, 0.2) is 51.7 Å². The number of nitrogens with zero attached hydrogens (tertiary/aromatic N) is 3. The lowest BCUT2D eigenvalue weighted by Crippen LogP contribution is -2.48. The average molecular weight is 499 g/mol. The number of aromatic nitrogens is 1. The third-order valence-electron chi connectivity index (χ3n) is 6.17. The number of rotatable bonds is 5. The number of anilines is 1. The molecule has 0 saturated carbocycles. The van der Waals surface area contributed by atoms with Crippen LogP contribution in [0.2, 0.25) is 0 Å². The summed E-state index contributed by atoms with van der Waals surface area (Å²) in [6.07, 6.45) is 0. The molecule has 2 aromatic heterocycles. The maximum Gasteiger partial charge on any atom is 0.349 e. The second-order valence-corrected chi connectivity index (χ2v) is 9.42. The minimum absolute atomic E-state index is 0. The molecule has 0 aliphatic carbocycles. The van der Waals surface area contributed by atoms with Gasteiger partial charge in [-0.3, -0.25) is 9.69 Å². The molecule has 1 N–H and O–H groups in total. The highest BCUT2D eigenvalue weighted by Gasteiger charge is 2.21. The Morgan fingerprint density at radius 3 is 2.59 bits per heavy atom. The third kappa shape index (κ3) is 4.80. The number of hydrogen-bond acceptors (Lipinski definition) is 7. The van der Waals surface area contributed by atoms with E-state index >= 15 is 0 Å². The number of benzene rings is 2. The Morgan fingerprint density at radius 2 is 1.82 bits per heavy atom. The molecule has 7 nitrogen and oxygen atoms in total. The second kappa shape index (κ2) is 10.1. The molecule has 0 bridgehead atoms. The van der Waals surface area contributed by atoms with Crippen molar-refractivity contribution in [1.82, 2.24) is 15.2 Å². The van der Waals surface area contributed by atoms with Gasteiger partial charge in [0.05, 0.1) is 10.2 Å². The number of fused-ring (bicyclic) bond motifs is 2. The molecule has 1 fully saturated rings. The molecule has 1 aliphatic heterocycles. The highest BCUT2D eigenvalue weighted by Crippen LogP contribution is 2.33. The topological polar surface area (TPSA) is 78.7 Å². The third-order valence-corrected chi connectivity index (χ3v) is 7.42. The van der Waals surface area contributed by atoms with Crippen molar-refractivity contribution in [3.8, 4) is 0 Å². The highest BCUT2D eigenvalue weighted by molar-refractivity contribution is 7.22. The van der Waals surface area contributed by atoms with Gasteiger partial charge in [0, 0.05) is 44.7 Å². The molecule has 0 radical (unpaired) electrons. The Kier molecular flexibility index (Phi) is 7.21. The van der Waals surface area contributed by atoms with Gasteiger partial charge in [-0.1, -0.05) is 41.7 Å². The van der Waals surface area contributed by atoms with Crippen molar-refractivity contribution in [3.63, 3.8) is 0 Å². The maximum absolute atomic E-state index is 12.5. The van der Waals surface area contributed by atoms with Gasteiger partial charge in [-0.15, -0.1) is 12.4 Å². The van der Waals surface area contributed by atoms with Gasteiger partial charge in [0.15, 0.2) is 5.13 Å². The van der Waals surface area contributed by atoms with E-state index in [0.29, 0.717) is 12.1 Å². The van der Waals surface area contributed by atoms with Crippen LogP contribution in [0.4, 0.5) is 5.13 Å². The van der Waals surface area contributed by atoms with Crippen molar-refractivity contribution >= 4 is 56.0 Å². The van der Waals surface area contributed by atoms with Crippen LogP contribution in [0, 0.1) is 13.8 Å². The summed E-state index contributed by atoms with van der Waals surface area (Å²) in [6.45, 7) is 9.07. The number of thiazole rings is 1. The normalized spacial score (nSPS) is 14.4. The first-order chi connectivity index (χ1) is 16.0. The Morgan fingerprint density at radius 1 is 1.09 bits per heavy atom. The van der Waals surface area contributed by atoms with Crippen molar-refractivity contribution in [2.45, 2.75) is 13.8 Å². The van der Waals surface area contributed by atoms with Crippen LogP contribution in [-0.2, 0) is 0 Å². The second-order valence-electron chi connectivity index (χ2n) is 8.44. The van der Waals surface area contributed by atoms with E-state index in [1.54, 1.807) is 29.5 Å². The SMILES string of the molecule is Cc1ccc(C)c2sc(N3CCN(CCNC(=O)c4cc5ccccc5oc4=O)CC3)nc12.Cl. The van der Waals surface area contributed by atoms with Gasteiger partial charge in [-0.05, 0) is 37.1 Å². The zero-order valence-corrected chi connectivity index (χ0v) is 20.8. The fraction of sp³-hybridized carbons (Fsp3) is 0.320. The predicted molar refractivity (Wildman–Crippen MR) is 140 cm³/mol. The summed E-state index contributed by atoms with van der Waals surface area (Å²) in [5.41, 5.74) is 3.51. The molecule has 1 amide bonds. The minimum Gasteiger partial charge on any atom is -0.422 e. The Labute approximate surface area is 207 Å². The lowest BCUT2D eigenvalue weighted by atomic mass is 10.1. The lowest BCUT2D eigenvalue weighted by Gasteiger charge is -2.34. The number of carbonyl (C=O) groups is 1. The monoisotopic (exact) mass is 498 g/mol. The van der Waals surface area contributed by atoms with Crippen molar-refractivity contribution in [2.24, 2.45) is 0 Å². The van der Waals surface area contributed by atoms with E-state index in [0.717, 1.165) is 48.8 Å². The molecule has 34 heavy (non-hydrogen) atoms. The van der Waals surface area contributed by atoms with Gasteiger partial charge in [-0.25, -0.2) is 9.78 Å². The van der Waals surface area contributed by atoms with Crippen LogP contribution in [0.3, 0.4) is 0 Å². The van der Waals surface area contributed by atoms with Crippen LogP contribution < -0.4 is 15.8 Å². The zero-order chi connectivity index (χ0) is 22.9.